The van der Waals surface area contributed by atoms with E-state index in [0.29, 0.717) is 10.5 Å². The van der Waals surface area contributed by atoms with Gasteiger partial charge in [-0.2, -0.15) is 0 Å². The second kappa shape index (κ2) is 16.8. The summed E-state index contributed by atoms with van der Waals surface area (Å²) < 4.78 is 28.5. The molecule has 46 heavy (non-hydrogen) atoms. The Balaban J connectivity index is 2.05. The number of methoxy groups -OCH3 is 1. The highest BCUT2D eigenvalue weighted by molar-refractivity contribution is 5.94. The molecule has 9 atom stereocenters. The van der Waals surface area contributed by atoms with E-state index in [2.05, 4.69) is 16.9 Å². The highest BCUT2D eigenvalue weighted by atomic mass is 16.8. The summed E-state index contributed by atoms with van der Waals surface area (Å²) in [6.45, 7) is 7.02. The highest BCUT2D eigenvalue weighted by Crippen LogP contribution is 2.37. The number of nitrogens with two attached hydrogens (primary N) is 1. The minimum absolute atomic E-state index is 0.0311. The fourth-order valence-corrected chi connectivity index (χ4v) is 5.36. The van der Waals surface area contributed by atoms with Crippen molar-refractivity contribution in [2.75, 3.05) is 40.5 Å². The van der Waals surface area contributed by atoms with Crippen molar-refractivity contribution in [2.24, 2.45) is 22.6 Å². The molecule has 0 radical (unpaired) electrons. The van der Waals surface area contributed by atoms with Crippen LogP contribution in [-0.2, 0) is 33.3 Å². The lowest BCUT2D eigenvalue weighted by Gasteiger charge is -2.44. The van der Waals surface area contributed by atoms with Gasteiger partial charge in [0.1, 0.15) is 49.3 Å². The topological polar surface area (TPSA) is 236 Å². The molecule has 256 valence electrons. The van der Waals surface area contributed by atoms with Crippen molar-refractivity contribution in [3.63, 3.8) is 0 Å². The number of guanidine groups is 1. The predicted octanol–water partition coefficient (Wildman–Crippen LogP) is -2.73. The van der Waals surface area contributed by atoms with Gasteiger partial charge in [0.2, 0.25) is 6.29 Å². The van der Waals surface area contributed by atoms with Gasteiger partial charge in [0.05, 0.1) is 49.9 Å². The Morgan fingerprint density at radius 1 is 1.26 bits per heavy atom. The Kier molecular flexibility index (Phi) is 13.5. The van der Waals surface area contributed by atoms with Crippen LogP contribution in [0, 0.1) is 11.8 Å². The summed E-state index contributed by atoms with van der Waals surface area (Å²) in [6.07, 6.45) is -0.738. The number of ether oxygens (including phenoxy) is 5. The molecule has 16 heteroatoms. The third kappa shape index (κ3) is 8.59. The van der Waals surface area contributed by atoms with E-state index >= 15 is 0 Å². The number of aliphatic carboxylic acids is 1. The van der Waals surface area contributed by atoms with Gasteiger partial charge in [0, 0.05) is 18.5 Å². The van der Waals surface area contributed by atoms with Gasteiger partial charge >= 0.3 is 11.9 Å². The van der Waals surface area contributed by atoms with Crippen LogP contribution in [0.4, 0.5) is 0 Å². The number of hydrogen-bond acceptors (Lipinski definition) is 12. The molecule has 0 aliphatic carbocycles. The number of aliphatic imine (C=N–C) groups is 1. The Morgan fingerprint density at radius 2 is 1.98 bits per heavy atom. The fraction of sp³-hybridized carbons (Fsp3) is 0.567. The van der Waals surface area contributed by atoms with Crippen LogP contribution in [-0.4, -0.2) is 127 Å². The number of allylic oxidation sites excluding steroid dienone is 1. The Bertz CT molecular complexity index is 1260. The molecular formula is C30H45N4O12+. The molecule has 0 aromatic heterocycles. The molecule has 1 unspecified atom stereocenters. The number of rotatable bonds is 13. The fourth-order valence-electron chi connectivity index (χ4n) is 5.36. The van der Waals surface area contributed by atoms with E-state index < -0.39 is 73.5 Å². The minimum atomic E-state index is -1.47. The smallest absolute Gasteiger partial charge is 0.343 e. The maximum Gasteiger partial charge on any atom is 0.343 e. The summed E-state index contributed by atoms with van der Waals surface area (Å²) in [7, 11) is 2.65. The number of aliphatic hydroxyl groups is 4. The van der Waals surface area contributed by atoms with E-state index in [-0.39, 0.29) is 42.5 Å². The Morgan fingerprint density at radius 3 is 2.54 bits per heavy atom. The van der Waals surface area contributed by atoms with Crippen LogP contribution in [0.1, 0.15) is 13.8 Å². The number of nitrogens with zero attached hydrogens (tertiary/aromatic N) is 1. The first-order chi connectivity index (χ1) is 21.9. The molecule has 0 spiro atoms. The van der Waals surface area contributed by atoms with Gasteiger partial charge in [-0.3, -0.25) is 4.99 Å². The van der Waals surface area contributed by atoms with Crippen molar-refractivity contribution in [1.29, 1.82) is 0 Å². The zero-order valence-electron chi connectivity index (χ0n) is 26.2. The summed E-state index contributed by atoms with van der Waals surface area (Å²) >= 11 is 0. The first-order valence-corrected chi connectivity index (χ1v) is 14.7. The molecule has 0 aromatic rings. The standard InChI is InChI=1S/C30H44N4O12/c1-6-17-18(8-7-16-11-34(9-10-35)12-19(26(39)40)22(16)33-30(31)32-4)20(27(41)42-5)14-43-28(17)46-29-25(44-15(2)3)24(38)23(37)21(13-36)45-29/h6-8,12,14-15,17-18,21,23-25,28-29,35-38H,1,9-11,13H2,2-5H3,(H,39,40)(H3,31,32,33)/p+1/b8-7+/t17-,18+,21-,23-,24+,25-,28+,29+/m1/s1. The first kappa shape index (κ1) is 36.9. The van der Waals surface area contributed by atoms with Crippen molar-refractivity contribution in [2.45, 2.75) is 56.9 Å². The number of hydrogen-bond donors (Lipinski definition) is 8. The number of quaternary nitrogens is 1. The second-order valence-corrected chi connectivity index (χ2v) is 11.1. The molecule has 9 N–H and O–H groups in total. The molecule has 3 heterocycles. The van der Waals surface area contributed by atoms with Crippen LogP contribution in [0.5, 0.6) is 0 Å². The third-order valence-corrected chi connectivity index (χ3v) is 7.65. The second-order valence-electron chi connectivity index (χ2n) is 11.1. The first-order valence-electron chi connectivity index (χ1n) is 14.7. The summed E-state index contributed by atoms with van der Waals surface area (Å²) in [5, 5.41) is 53.3. The van der Waals surface area contributed by atoms with E-state index in [1.807, 2.05) is 0 Å². The summed E-state index contributed by atoms with van der Waals surface area (Å²) in [6, 6.07) is 0. The minimum Gasteiger partial charge on any atom is -0.477 e. The van der Waals surface area contributed by atoms with Crippen molar-refractivity contribution < 1.29 is 63.7 Å². The van der Waals surface area contributed by atoms with E-state index in [1.54, 1.807) is 26.0 Å². The monoisotopic (exact) mass is 653 g/mol. The SMILES string of the molecule is C=C[C@H]1[C@H](O[C@@H]2O[C@H](CO)[C@@H](O)[C@H](O)[C@H]2OC(C)C)OC=C(C(=O)OC)[C@H]1/C=C/C1=C(NC(N)=NC)C(C(=O)O)=C[NH+](CCO)C1. The van der Waals surface area contributed by atoms with Gasteiger partial charge in [-0.15, -0.1) is 6.58 Å². The maximum atomic E-state index is 12.9. The van der Waals surface area contributed by atoms with Gasteiger partial charge in [-0.1, -0.05) is 18.2 Å². The number of carboxylic acids is 1. The van der Waals surface area contributed by atoms with Crippen LogP contribution in [0.3, 0.4) is 0 Å². The Hall–Kier alpha value is -3.61. The number of esters is 1. The molecule has 0 amide bonds. The van der Waals surface area contributed by atoms with Crippen LogP contribution < -0.4 is 16.0 Å². The largest absolute Gasteiger partial charge is 0.477 e. The van der Waals surface area contributed by atoms with Crippen molar-refractivity contribution >= 4 is 17.9 Å². The summed E-state index contributed by atoms with van der Waals surface area (Å²) in [5.41, 5.74) is 6.56. The molecular weight excluding hydrogens is 608 g/mol. The number of nitrogens with one attached hydrogen (secondary N) is 2. The number of carbonyl (C=O) groups is 2. The molecule has 0 bridgehead atoms. The van der Waals surface area contributed by atoms with Crippen LogP contribution in [0.2, 0.25) is 0 Å². The van der Waals surface area contributed by atoms with E-state index in [1.165, 1.54) is 32.7 Å². The quantitative estimate of drug-likeness (QED) is 0.0436. The summed E-state index contributed by atoms with van der Waals surface area (Å²) in [5.74, 6) is -3.55. The molecule has 3 rings (SSSR count). The van der Waals surface area contributed by atoms with Gasteiger partial charge < -0.3 is 65.2 Å². The van der Waals surface area contributed by atoms with E-state index in [9.17, 15) is 35.1 Å². The molecule has 1 saturated heterocycles. The highest BCUT2D eigenvalue weighted by Gasteiger charge is 2.49. The van der Waals surface area contributed by atoms with Crippen LogP contribution in [0.15, 0.2) is 64.7 Å². The molecule has 3 aliphatic heterocycles. The number of aliphatic hydroxyl groups excluding tert-OH is 4. The van der Waals surface area contributed by atoms with Gasteiger partial charge in [0.25, 0.3) is 0 Å². The molecule has 0 aromatic carbocycles. The predicted molar refractivity (Wildman–Crippen MR) is 161 cm³/mol. The summed E-state index contributed by atoms with van der Waals surface area (Å²) in [4.78, 5) is 29.6. The lowest BCUT2D eigenvalue weighted by molar-refractivity contribution is -0.843. The van der Waals surface area contributed by atoms with Gasteiger partial charge in [0.15, 0.2) is 12.2 Å². The Labute approximate surface area is 266 Å². The van der Waals surface area contributed by atoms with Crippen molar-refractivity contribution in [3.05, 3.63) is 59.7 Å². The van der Waals surface area contributed by atoms with Gasteiger partial charge in [-0.05, 0) is 13.8 Å². The lowest BCUT2D eigenvalue weighted by Crippen LogP contribution is -3.09. The van der Waals surface area contributed by atoms with Crippen molar-refractivity contribution in [3.8, 4) is 0 Å². The van der Waals surface area contributed by atoms with E-state index in [0.717, 1.165) is 0 Å². The van der Waals surface area contributed by atoms with Crippen LogP contribution in [0.25, 0.3) is 0 Å². The van der Waals surface area contributed by atoms with Gasteiger partial charge in [-0.25, -0.2) is 9.59 Å². The van der Waals surface area contributed by atoms with Crippen molar-refractivity contribution in [1.82, 2.24) is 5.32 Å². The van der Waals surface area contributed by atoms with E-state index in [4.69, 9.17) is 29.4 Å². The molecule has 0 saturated carbocycles. The van der Waals surface area contributed by atoms with Crippen LogP contribution >= 0.6 is 0 Å². The third-order valence-electron chi connectivity index (χ3n) is 7.65. The lowest BCUT2D eigenvalue weighted by atomic mass is 9.83. The number of carbonyl (C=O) groups excluding carboxylic acids is 1. The zero-order valence-corrected chi connectivity index (χ0v) is 26.2. The zero-order chi connectivity index (χ0) is 34.1. The average Bonchev–Trinajstić information content (AvgIpc) is 3.03. The normalized spacial score (nSPS) is 32.1. The maximum absolute atomic E-state index is 12.9. The molecule has 1 fully saturated rings. The molecule has 16 nitrogen and oxygen atoms in total. The number of carboxylic acid groups (broad SMARTS) is 1. The molecule has 3 aliphatic rings. The average molecular weight is 654 g/mol.